The van der Waals surface area contributed by atoms with Gasteiger partial charge < -0.3 is 5.32 Å². The summed E-state index contributed by atoms with van der Waals surface area (Å²) in [5.74, 6) is -0.221. The number of hydrogen-bond acceptors (Lipinski definition) is 3. The van der Waals surface area contributed by atoms with Crippen LogP contribution in [0.2, 0.25) is 0 Å². The average Bonchev–Trinajstić information content (AvgIpc) is 3.01. The summed E-state index contributed by atoms with van der Waals surface area (Å²) in [6.45, 7) is 3.76. The van der Waals surface area contributed by atoms with Gasteiger partial charge in [0.25, 0.3) is 0 Å². The van der Waals surface area contributed by atoms with Crippen molar-refractivity contribution in [1.29, 1.82) is 0 Å². The highest BCUT2D eigenvalue weighted by molar-refractivity contribution is 7.88. The Labute approximate surface area is 102 Å². The van der Waals surface area contributed by atoms with Crippen LogP contribution in [0.1, 0.15) is 39.5 Å². The van der Waals surface area contributed by atoms with E-state index in [0.29, 0.717) is 0 Å². The second kappa shape index (κ2) is 3.68. The number of carbonyl (C=O) groups excluding carboxylic acids is 1. The van der Waals surface area contributed by atoms with Gasteiger partial charge in [-0.3, -0.25) is 4.79 Å². The van der Waals surface area contributed by atoms with E-state index in [1.807, 2.05) is 0 Å². The molecule has 1 atom stereocenters. The van der Waals surface area contributed by atoms with E-state index in [1.165, 1.54) is 0 Å². The molecule has 0 bridgehead atoms. The zero-order chi connectivity index (χ0) is 12.9. The number of nitrogens with one attached hydrogen (secondary N) is 2. The SMILES string of the molecule is CC(NS(C)(=O)=O)C(=O)NC1(C2(C)CC2)CC1. The number of carbonyl (C=O) groups is 1. The first-order valence-corrected chi connectivity index (χ1v) is 7.86. The average molecular weight is 260 g/mol. The summed E-state index contributed by atoms with van der Waals surface area (Å²) in [6, 6.07) is -0.704. The molecule has 1 unspecified atom stereocenters. The summed E-state index contributed by atoms with van der Waals surface area (Å²) >= 11 is 0. The molecule has 0 saturated heterocycles. The molecule has 2 saturated carbocycles. The molecule has 5 nitrogen and oxygen atoms in total. The molecular weight excluding hydrogens is 240 g/mol. The van der Waals surface area contributed by atoms with Gasteiger partial charge in [0.2, 0.25) is 15.9 Å². The van der Waals surface area contributed by atoms with Gasteiger partial charge in [0, 0.05) is 5.54 Å². The Morgan fingerprint density at radius 2 is 1.76 bits per heavy atom. The Hall–Kier alpha value is -0.620. The summed E-state index contributed by atoms with van der Waals surface area (Å²) in [5.41, 5.74) is 0.186. The maximum atomic E-state index is 11.9. The van der Waals surface area contributed by atoms with Gasteiger partial charge >= 0.3 is 0 Å². The van der Waals surface area contributed by atoms with E-state index in [9.17, 15) is 13.2 Å². The van der Waals surface area contributed by atoms with Crippen molar-refractivity contribution in [3.05, 3.63) is 0 Å². The third kappa shape index (κ3) is 2.63. The predicted octanol–water partition coefficient (Wildman–Crippen LogP) is 0.373. The topological polar surface area (TPSA) is 75.3 Å². The first kappa shape index (κ1) is 12.8. The Bertz CT molecular complexity index is 436. The van der Waals surface area contributed by atoms with Crippen molar-refractivity contribution in [3.8, 4) is 0 Å². The summed E-state index contributed by atoms with van der Waals surface area (Å²) in [4.78, 5) is 11.9. The molecule has 17 heavy (non-hydrogen) atoms. The highest BCUT2D eigenvalue weighted by Gasteiger charge is 2.63. The molecule has 0 aromatic rings. The highest BCUT2D eigenvalue weighted by atomic mass is 32.2. The van der Waals surface area contributed by atoms with Crippen LogP contribution >= 0.6 is 0 Å². The lowest BCUT2D eigenvalue weighted by Crippen LogP contribution is -2.51. The van der Waals surface area contributed by atoms with Crippen LogP contribution in [0.4, 0.5) is 0 Å². The van der Waals surface area contributed by atoms with Crippen molar-refractivity contribution in [2.75, 3.05) is 6.26 Å². The zero-order valence-electron chi connectivity index (χ0n) is 10.5. The Morgan fingerprint density at radius 3 is 2.12 bits per heavy atom. The molecule has 2 aliphatic rings. The molecule has 0 radical (unpaired) electrons. The number of amides is 1. The molecule has 0 heterocycles. The van der Waals surface area contributed by atoms with Crippen LogP contribution < -0.4 is 10.0 Å². The van der Waals surface area contributed by atoms with Crippen LogP contribution in [-0.2, 0) is 14.8 Å². The molecule has 2 aliphatic carbocycles. The molecule has 98 valence electrons. The van der Waals surface area contributed by atoms with Crippen molar-refractivity contribution in [1.82, 2.24) is 10.0 Å². The van der Waals surface area contributed by atoms with Crippen LogP contribution in [0.5, 0.6) is 0 Å². The lowest BCUT2D eigenvalue weighted by atomic mass is 9.96. The Morgan fingerprint density at radius 1 is 1.24 bits per heavy atom. The molecule has 0 aromatic carbocycles. The Balaban J connectivity index is 1.94. The monoisotopic (exact) mass is 260 g/mol. The fourth-order valence-corrected chi connectivity index (χ4v) is 3.14. The molecule has 2 fully saturated rings. The zero-order valence-corrected chi connectivity index (χ0v) is 11.4. The first-order valence-electron chi connectivity index (χ1n) is 5.97. The van der Waals surface area contributed by atoms with Crippen LogP contribution in [0.15, 0.2) is 0 Å². The fraction of sp³-hybridized carbons (Fsp3) is 0.909. The summed E-state index contributed by atoms with van der Waals surface area (Å²) in [6.07, 6.45) is 5.40. The van der Waals surface area contributed by atoms with Crippen LogP contribution in [0.3, 0.4) is 0 Å². The van der Waals surface area contributed by atoms with E-state index in [-0.39, 0.29) is 16.9 Å². The van der Waals surface area contributed by atoms with Crippen molar-refractivity contribution in [2.45, 2.75) is 51.1 Å². The van der Waals surface area contributed by atoms with E-state index in [2.05, 4.69) is 17.0 Å². The predicted molar refractivity (Wildman–Crippen MR) is 64.9 cm³/mol. The first-order chi connectivity index (χ1) is 7.68. The molecule has 2 N–H and O–H groups in total. The molecule has 1 amide bonds. The summed E-state index contributed by atoms with van der Waals surface area (Å²) < 4.78 is 24.4. The van der Waals surface area contributed by atoms with Crippen molar-refractivity contribution >= 4 is 15.9 Å². The van der Waals surface area contributed by atoms with Crippen molar-refractivity contribution in [3.63, 3.8) is 0 Å². The molecular formula is C11H20N2O3S. The number of hydrogen-bond donors (Lipinski definition) is 2. The van der Waals surface area contributed by atoms with Crippen LogP contribution in [0, 0.1) is 5.41 Å². The van der Waals surface area contributed by atoms with E-state index < -0.39 is 16.1 Å². The van der Waals surface area contributed by atoms with Gasteiger partial charge in [-0.2, -0.15) is 0 Å². The van der Waals surface area contributed by atoms with E-state index in [1.54, 1.807) is 6.92 Å². The van der Waals surface area contributed by atoms with Gasteiger partial charge in [-0.15, -0.1) is 0 Å². The Kier molecular flexibility index (Phi) is 2.78. The van der Waals surface area contributed by atoms with E-state index in [0.717, 1.165) is 31.9 Å². The van der Waals surface area contributed by atoms with Gasteiger partial charge in [0.05, 0.1) is 12.3 Å². The molecule has 2 rings (SSSR count). The second-order valence-corrected chi connectivity index (χ2v) is 7.52. The minimum atomic E-state index is -3.33. The standard InChI is InChI=1S/C11H20N2O3S/c1-8(13-17(3,15)16)9(14)12-11(6-7-11)10(2)4-5-10/h8,13H,4-7H2,1-3H3,(H,12,14). The maximum Gasteiger partial charge on any atom is 0.238 e. The number of sulfonamides is 1. The lowest BCUT2D eigenvalue weighted by Gasteiger charge is -2.26. The third-order valence-electron chi connectivity index (χ3n) is 4.05. The summed E-state index contributed by atoms with van der Waals surface area (Å²) in [7, 11) is -3.33. The van der Waals surface area contributed by atoms with Crippen molar-refractivity contribution in [2.24, 2.45) is 5.41 Å². The van der Waals surface area contributed by atoms with Gasteiger partial charge in [-0.1, -0.05) is 6.92 Å². The smallest absolute Gasteiger partial charge is 0.238 e. The van der Waals surface area contributed by atoms with E-state index >= 15 is 0 Å². The van der Waals surface area contributed by atoms with Crippen LogP contribution in [0.25, 0.3) is 0 Å². The fourth-order valence-electron chi connectivity index (χ4n) is 2.39. The third-order valence-corrected chi connectivity index (χ3v) is 4.83. The normalized spacial score (nSPS) is 26.1. The van der Waals surface area contributed by atoms with E-state index in [4.69, 9.17) is 0 Å². The molecule has 0 aliphatic heterocycles. The van der Waals surface area contributed by atoms with Gasteiger partial charge in [0.1, 0.15) is 0 Å². The molecule has 0 spiro atoms. The van der Waals surface area contributed by atoms with Crippen LogP contribution in [-0.4, -0.2) is 32.2 Å². The van der Waals surface area contributed by atoms with Gasteiger partial charge in [-0.25, -0.2) is 13.1 Å². The van der Waals surface area contributed by atoms with Gasteiger partial charge in [0.15, 0.2) is 0 Å². The lowest BCUT2D eigenvalue weighted by molar-refractivity contribution is -0.123. The molecule has 6 heteroatoms. The van der Waals surface area contributed by atoms with Crippen molar-refractivity contribution < 1.29 is 13.2 Å². The number of rotatable bonds is 5. The summed E-state index contributed by atoms with van der Waals surface area (Å²) in [5, 5.41) is 3.03. The minimum absolute atomic E-state index is 0.0580. The molecule has 0 aromatic heterocycles. The quantitative estimate of drug-likeness (QED) is 0.750. The maximum absolute atomic E-state index is 11.9. The largest absolute Gasteiger partial charge is 0.349 e. The second-order valence-electron chi connectivity index (χ2n) is 5.74. The minimum Gasteiger partial charge on any atom is -0.349 e. The van der Waals surface area contributed by atoms with Gasteiger partial charge in [-0.05, 0) is 38.0 Å². The highest BCUT2D eigenvalue weighted by Crippen LogP contribution is 2.63.